The maximum absolute atomic E-state index is 11.8. The number of nitro benzene ring substituents is 1. The zero-order valence-corrected chi connectivity index (χ0v) is 10.9. The van der Waals surface area contributed by atoms with Gasteiger partial charge in [0.1, 0.15) is 11.7 Å². The fraction of sp³-hybridized carbons (Fsp3) is 0.308. The van der Waals surface area contributed by atoms with Crippen molar-refractivity contribution in [1.82, 2.24) is 10.1 Å². The van der Waals surface area contributed by atoms with Gasteiger partial charge in [0.15, 0.2) is 0 Å². The quantitative estimate of drug-likeness (QED) is 0.625. The van der Waals surface area contributed by atoms with E-state index in [-0.39, 0.29) is 24.0 Å². The molecule has 0 spiro atoms. The third-order valence-corrected chi connectivity index (χ3v) is 3.24. The summed E-state index contributed by atoms with van der Waals surface area (Å²) in [7, 11) is 0. The van der Waals surface area contributed by atoms with Crippen molar-refractivity contribution < 1.29 is 19.0 Å². The number of rotatable bonds is 3. The van der Waals surface area contributed by atoms with Crippen LogP contribution in [0.4, 0.5) is 5.69 Å². The summed E-state index contributed by atoms with van der Waals surface area (Å²) >= 11 is 0. The number of ketones is 1. The molecule has 8 heteroatoms. The lowest BCUT2D eigenvalue weighted by Crippen LogP contribution is -2.25. The first-order chi connectivity index (χ1) is 10.1. The molecule has 0 radical (unpaired) electrons. The lowest BCUT2D eigenvalue weighted by molar-refractivity contribution is -0.384. The molecule has 2 aromatic rings. The smallest absolute Gasteiger partial charge is 0.269 e. The van der Waals surface area contributed by atoms with Gasteiger partial charge < -0.3 is 9.26 Å². The Hall–Kier alpha value is -2.61. The number of aromatic nitrogens is 2. The highest BCUT2D eigenvalue weighted by molar-refractivity contribution is 5.85. The number of nitro groups is 1. The Labute approximate surface area is 118 Å². The Balaban J connectivity index is 1.84. The topological polar surface area (TPSA) is 108 Å². The van der Waals surface area contributed by atoms with Crippen molar-refractivity contribution in [3.63, 3.8) is 0 Å². The summed E-state index contributed by atoms with van der Waals surface area (Å²) in [5.41, 5.74) is 0.568. The molecule has 0 amide bonds. The summed E-state index contributed by atoms with van der Waals surface area (Å²) in [6, 6.07) is 5.79. The van der Waals surface area contributed by atoms with Crippen LogP contribution in [0.1, 0.15) is 18.2 Å². The number of nitrogens with zero attached hydrogens (tertiary/aromatic N) is 3. The molecule has 2 heterocycles. The molecule has 0 bridgehead atoms. The normalized spacial score (nSPS) is 18.7. The minimum atomic E-state index is -0.530. The maximum atomic E-state index is 11.8. The van der Waals surface area contributed by atoms with Gasteiger partial charge in [0.2, 0.25) is 11.7 Å². The number of carbonyl (C=O) groups is 1. The molecule has 1 unspecified atom stereocenters. The van der Waals surface area contributed by atoms with Crippen molar-refractivity contribution in [2.75, 3.05) is 13.2 Å². The van der Waals surface area contributed by atoms with Crippen molar-refractivity contribution in [2.45, 2.75) is 12.3 Å². The van der Waals surface area contributed by atoms with E-state index in [1.807, 2.05) is 0 Å². The first kappa shape index (κ1) is 13.4. The van der Waals surface area contributed by atoms with Gasteiger partial charge in [0, 0.05) is 24.1 Å². The lowest BCUT2D eigenvalue weighted by Gasteiger charge is -2.16. The van der Waals surface area contributed by atoms with Gasteiger partial charge in [-0.1, -0.05) is 5.16 Å². The van der Waals surface area contributed by atoms with Gasteiger partial charge in [-0.2, -0.15) is 4.98 Å². The van der Waals surface area contributed by atoms with Crippen LogP contribution in [0.5, 0.6) is 0 Å². The molecular formula is C13H11N3O5. The molecule has 1 aromatic carbocycles. The number of hydrogen-bond acceptors (Lipinski definition) is 7. The van der Waals surface area contributed by atoms with Crippen LogP contribution in [0.2, 0.25) is 0 Å². The Morgan fingerprint density at radius 2 is 2.05 bits per heavy atom. The second-order valence-corrected chi connectivity index (χ2v) is 4.60. The van der Waals surface area contributed by atoms with Crippen molar-refractivity contribution in [3.8, 4) is 11.4 Å². The molecule has 1 aliphatic rings. The van der Waals surface area contributed by atoms with Crippen LogP contribution < -0.4 is 0 Å². The van der Waals surface area contributed by atoms with Crippen LogP contribution in [-0.2, 0) is 9.53 Å². The van der Waals surface area contributed by atoms with E-state index in [1.165, 1.54) is 24.3 Å². The largest absolute Gasteiger partial charge is 0.380 e. The van der Waals surface area contributed by atoms with Crippen molar-refractivity contribution in [2.24, 2.45) is 0 Å². The number of hydrogen-bond donors (Lipinski definition) is 0. The fourth-order valence-electron chi connectivity index (χ4n) is 2.08. The standard InChI is InChI=1S/C13H11N3O5/c17-11-5-6-20-7-10(11)13-14-12(15-21-13)8-1-3-9(4-2-8)16(18)19/h1-4,10H,5-7H2. The number of non-ortho nitro benzene ring substituents is 1. The predicted molar refractivity (Wildman–Crippen MR) is 69.6 cm³/mol. The summed E-state index contributed by atoms with van der Waals surface area (Å²) in [6.07, 6.45) is 0.333. The van der Waals surface area contributed by atoms with Gasteiger partial charge in [-0.15, -0.1) is 0 Å². The van der Waals surface area contributed by atoms with Gasteiger partial charge in [-0.25, -0.2) is 0 Å². The Kier molecular flexibility index (Phi) is 3.44. The van der Waals surface area contributed by atoms with Crippen LogP contribution in [0.25, 0.3) is 11.4 Å². The molecule has 8 nitrogen and oxygen atoms in total. The first-order valence-corrected chi connectivity index (χ1v) is 6.34. The average Bonchev–Trinajstić information content (AvgIpc) is 2.97. The minimum Gasteiger partial charge on any atom is -0.380 e. The summed E-state index contributed by atoms with van der Waals surface area (Å²) in [4.78, 5) is 26.1. The van der Waals surface area contributed by atoms with Crippen molar-refractivity contribution >= 4 is 11.5 Å². The highest BCUT2D eigenvalue weighted by Gasteiger charge is 2.29. The summed E-state index contributed by atoms with van der Waals surface area (Å²) in [6.45, 7) is 0.652. The van der Waals surface area contributed by atoms with E-state index in [2.05, 4.69) is 10.1 Å². The van der Waals surface area contributed by atoms with E-state index in [4.69, 9.17) is 9.26 Å². The third kappa shape index (κ3) is 2.65. The second kappa shape index (κ2) is 5.41. The monoisotopic (exact) mass is 289 g/mol. The molecule has 21 heavy (non-hydrogen) atoms. The zero-order chi connectivity index (χ0) is 14.8. The Morgan fingerprint density at radius 3 is 2.71 bits per heavy atom. The maximum Gasteiger partial charge on any atom is 0.269 e. The van der Waals surface area contributed by atoms with E-state index in [9.17, 15) is 14.9 Å². The lowest BCUT2D eigenvalue weighted by atomic mass is 10.0. The van der Waals surface area contributed by atoms with Crippen LogP contribution in [0.3, 0.4) is 0 Å². The van der Waals surface area contributed by atoms with Gasteiger partial charge in [0.05, 0.1) is 18.1 Å². The van der Waals surface area contributed by atoms with E-state index >= 15 is 0 Å². The first-order valence-electron chi connectivity index (χ1n) is 6.34. The molecule has 0 saturated carbocycles. The van der Waals surface area contributed by atoms with Gasteiger partial charge in [-0.05, 0) is 12.1 Å². The summed E-state index contributed by atoms with van der Waals surface area (Å²) < 4.78 is 10.4. The van der Waals surface area contributed by atoms with Crippen LogP contribution in [0, 0.1) is 10.1 Å². The molecule has 1 aromatic heterocycles. The highest BCUT2D eigenvalue weighted by atomic mass is 16.6. The number of carbonyl (C=O) groups excluding carboxylic acids is 1. The Bertz CT molecular complexity index is 679. The third-order valence-electron chi connectivity index (χ3n) is 3.24. The van der Waals surface area contributed by atoms with Gasteiger partial charge in [0.25, 0.3) is 5.69 Å². The number of ether oxygens (including phenoxy) is 1. The molecule has 0 aliphatic carbocycles. The average molecular weight is 289 g/mol. The van der Waals surface area contributed by atoms with E-state index in [0.717, 1.165) is 0 Å². The highest BCUT2D eigenvalue weighted by Crippen LogP contribution is 2.25. The van der Waals surface area contributed by atoms with Crippen LogP contribution in [-0.4, -0.2) is 34.1 Å². The van der Waals surface area contributed by atoms with E-state index < -0.39 is 10.8 Å². The number of benzene rings is 1. The molecule has 0 N–H and O–H groups in total. The second-order valence-electron chi connectivity index (χ2n) is 4.60. The SMILES string of the molecule is O=C1CCOCC1c1nc(-c2ccc([N+](=O)[O-])cc2)no1. The Morgan fingerprint density at radius 1 is 1.29 bits per heavy atom. The minimum absolute atomic E-state index is 0.0140. The van der Waals surface area contributed by atoms with Crippen LogP contribution >= 0.6 is 0 Å². The summed E-state index contributed by atoms with van der Waals surface area (Å²) in [5, 5.41) is 14.4. The zero-order valence-electron chi connectivity index (χ0n) is 10.9. The van der Waals surface area contributed by atoms with Crippen molar-refractivity contribution in [3.05, 3.63) is 40.3 Å². The molecule has 3 rings (SSSR count). The molecule has 1 aliphatic heterocycles. The molecule has 1 fully saturated rings. The fourth-order valence-corrected chi connectivity index (χ4v) is 2.08. The van der Waals surface area contributed by atoms with Gasteiger partial charge in [-0.3, -0.25) is 14.9 Å². The molecular weight excluding hydrogens is 278 g/mol. The molecule has 1 atom stereocenters. The van der Waals surface area contributed by atoms with E-state index in [1.54, 1.807) is 0 Å². The van der Waals surface area contributed by atoms with Crippen LogP contribution in [0.15, 0.2) is 28.8 Å². The summed E-state index contributed by atoms with van der Waals surface area (Å²) in [5.74, 6) is -0.00970. The molecule has 108 valence electrons. The number of Topliss-reactive ketones (excluding diaryl/α,β-unsaturated/α-hetero) is 1. The molecule has 1 saturated heterocycles. The van der Waals surface area contributed by atoms with Gasteiger partial charge >= 0.3 is 0 Å². The van der Waals surface area contributed by atoms with E-state index in [0.29, 0.717) is 24.4 Å². The van der Waals surface area contributed by atoms with Crippen molar-refractivity contribution in [1.29, 1.82) is 0 Å². The predicted octanol–water partition coefficient (Wildman–Crippen LogP) is 1.72.